The van der Waals surface area contributed by atoms with Gasteiger partial charge in [-0.1, -0.05) is 19.3 Å². The second-order valence-corrected chi connectivity index (χ2v) is 2.60. The van der Waals surface area contributed by atoms with Crippen molar-refractivity contribution in [3.63, 3.8) is 0 Å². The number of carbonyl (C=O) groups excluding carboxylic acids is 2. The van der Waals surface area contributed by atoms with E-state index in [1.807, 2.05) is 0 Å². The van der Waals surface area contributed by atoms with E-state index in [1.54, 1.807) is 0 Å². The van der Waals surface area contributed by atoms with Gasteiger partial charge in [-0.2, -0.15) is 0 Å². The summed E-state index contributed by atoms with van der Waals surface area (Å²) in [5.41, 5.74) is 5.63. The lowest BCUT2D eigenvalue weighted by Crippen LogP contribution is -2.22. The van der Waals surface area contributed by atoms with Gasteiger partial charge < -0.3 is 5.73 Å². The number of rotatable bonds is 0. The lowest BCUT2D eigenvalue weighted by atomic mass is 9.97. The minimum Gasteiger partial charge on any atom is -0.328 e. The van der Waals surface area contributed by atoms with Crippen molar-refractivity contribution < 1.29 is 9.59 Å². The summed E-state index contributed by atoms with van der Waals surface area (Å²) in [5, 5.41) is 10.8. The van der Waals surface area contributed by atoms with E-state index in [1.165, 1.54) is 32.1 Å². The van der Waals surface area contributed by atoms with Gasteiger partial charge in [-0.3, -0.25) is 0 Å². The third-order valence-corrected chi connectivity index (χ3v) is 1.65. The average molecular weight is 185 g/mol. The lowest BCUT2D eigenvalue weighted by Gasteiger charge is -2.15. The Kier molecular flexibility index (Phi) is 14.6. The molecule has 0 aromatic rings. The van der Waals surface area contributed by atoms with E-state index in [0.717, 1.165) is 12.2 Å². The fourth-order valence-electron chi connectivity index (χ4n) is 1.13. The van der Waals surface area contributed by atoms with Crippen molar-refractivity contribution in [2.24, 2.45) is 5.73 Å². The van der Waals surface area contributed by atoms with Crippen LogP contribution in [0.5, 0.6) is 0 Å². The normalized spacial score (nSPS) is 14.8. The van der Waals surface area contributed by atoms with Gasteiger partial charge in [0.2, 0.25) is 12.2 Å². The van der Waals surface area contributed by atoms with Gasteiger partial charge >= 0.3 is 0 Å². The molecule has 5 nitrogen and oxygen atoms in total. The molecule has 0 aromatic heterocycles. The summed E-state index contributed by atoms with van der Waals surface area (Å²) in [7, 11) is 0. The molecule has 0 amide bonds. The standard InChI is InChI=1S/C6H13N.2CHNO/c7-6-4-2-1-3-5-6;2*2-1-3/h6H,1-5,7H2;2*2H. The van der Waals surface area contributed by atoms with E-state index in [-0.39, 0.29) is 0 Å². The van der Waals surface area contributed by atoms with Gasteiger partial charge in [0.05, 0.1) is 0 Å². The van der Waals surface area contributed by atoms with Crippen molar-refractivity contribution in [1.82, 2.24) is 0 Å². The molecule has 74 valence electrons. The van der Waals surface area contributed by atoms with E-state index in [4.69, 9.17) is 26.1 Å². The molecule has 0 saturated heterocycles. The third kappa shape index (κ3) is 18.1. The molecule has 4 N–H and O–H groups in total. The maximum atomic E-state index is 8.35. The molecule has 0 spiro atoms. The van der Waals surface area contributed by atoms with Crippen LogP contribution in [0.25, 0.3) is 0 Å². The van der Waals surface area contributed by atoms with Gasteiger partial charge in [0.15, 0.2) is 0 Å². The van der Waals surface area contributed by atoms with Crippen LogP contribution in [0, 0.1) is 10.8 Å². The zero-order chi connectivity index (χ0) is 10.5. The van der Waals surface area contributed by atoms with Crippen molar-refractivity contribution in [2.75, 3.05) is 0 Å². The topological polar surface area (TPSA) is 108 Å². The maximum absolute atomic E-state index is 8.35. The highest BCUT2D eigenvalue weighted by Crippen LogP contribution is 2.14. The number of hydrogen-bond acceptors (Lipinski definition) is 5. The summed E-state index contributed by atoms with van der Waals surface area (Å²) in [4.78, 5) is 16.7. The van der Waals surface area contributed by atoms with Crippen LogP contribution in [-0.2, 0) is 9.59 Å². The first kappa shape index (κ1) is 14.3. The first-order chi connectivity index (χ1) is 6.22. The van der Waals surface area contributed by atoms with Gasteiger partial charge in [0, 0.05) is 6.04 Å². The Labute approximate surface area is 77.3 Å². The fraction of sp³-hybridized carbons (Fsp3) is 0.750. The highest BCUT2D eigenvalue weighted by atomic mass is 16.1. The summed E-state index contributed by atoms with van der Waals surface area (Å²) in [6.07, 6.45) is 8.16. The molecule has 1 aliphatic rings. The quantitative estimate of drug-likeness (QED) is 0.388. The Morgan fingerprint density at radius 1 is 1.00 bits per heavy atom. The van der Waals surface area contributed by atoms with Crippen LogP contribution < -0.4 is 5.73 Å². The first-order valence-electron chi connectivity index (χ1n) is 4.06. The molecule has 1 saturated carbocycles. The maximum Gasteiger partial charge on any atom is 0.231 e. The monoisotopic (exact) mass is 185 g/mol. The highest BCUT2D eigenvalue weighted by Gasteiger charge is 2.06. The summed E-state index contributed by atoms with van der Waals surface area (Å²) in [6, 6.07) is 0.536. The van der Waals surface area contributed by atoms with Gasteiger partial charge in [-0.25, -0.2) is 20.4 Å². The van der Waals surface area contributed by atoms with Crippen LogP contribution >= 0.6 is 0 Å². The molecule has 0 unspecified atom stereocenters. The summed E-state index contributed by atoms with van der Waals surface area (Å²) in [5.74, 6) is 0. The number of nitrogens with one attached hydrogen (secondary N) is 2. The first-order valence-corrected chi connectivity index (χ1v) is 4.06. The van der Waals surface area contributed by atoms with Crippen molar-refractivity contribution in [1.29, 1.82) is 10.8 Å². The number of isocyanates is 2. The molecule has 0 heterocycles. The molecule has 0 bridgehead atoms. The van der Waals surface area contributed by atoms with Gasteiger partial charge in [0.25, 0.3) is 0 Å². The second-order valence-electron chi connectivity index (χ2n) is 2.60. The molecule has 0 radical (unpaired) electrons. The van der Waals surface area contributed by atoms with Crippen LogP contribution in [0.2, 0.25) is 0 Å². The largest absolute Gasteiger partial charge is 0.328 e. The molecule has 1 fully saturated rings. The van der Waals surface area contributed by atoms with Crippen LogP contribution in [0.1, 0.15) is 32.1 Å². The fourth-order valence-corrected chi connectivity index (χ4v) is 1.13. The summed E-state index contributed by atoms with van der Waals surface area (Å²) >= 11 is 0. The molecular weight excluding hydrogens is 170 g/mol. The van der Waals surface area contributed by atoms with E-state index in [9.17, 15) is 0 Å². The van der Waals surface area contributed by atoms with Crippen molar-refractivity contribution in [3.05, 3.63) is 0 Å². The van der Waals surface area contributed by atoms with E-state index < -0.39 is 0 Å². The average Bonchev–Trinajstić information content (AvgIpc) is 2.08. The predicted molar refractivity (Wildman–Crippen MR) is 47.9 cm³/mol. The van der Waals surface area contributed by atoms with E-state index in [2.05, 4.69) is 0 Å². The minimum atomic E-state index is 0.536. The number of hydrogen-bond donors (Lipinski definition) is 3. The zero-order valence-corrected chi connectivity index (χ0v) is 7.51. The van der Waals surface area contributed by atoms with E-state index >= 15 is 0 Å². The molecule has 1 rings (SSSR count). The predicted octanol–water partition coefficient (Wildman–Crippen LogP) is 1.08. The van der Waals surface area contributed by atoms with Crippen LogP contribution in [0.3, 0.4) is 0 Å². The van der Waals surface area contributed by atoms with Crippen molar-refractivity contribution in [2.45, 2.75) is 38.1 Å². The minimum absolute atomic E-state index is 0.536. The van der Waals surface area contributed by atoms with E-state index in [0.29, 0.717) is 6.04 Å². The highest BCUT2D eigenvalue weighted by molar-refractivity contribution is 5.26. The Morgan fingerprint density at radius 2 is 1.31 bits per heavy atom. The Bertz CT molecular complexity index is 152. The smallest absolute Gasteiger partial charge is 0.231 e. The zero-order valence-electron chi connectivity index (χ0n) is 7.51. The van der Waals surface area contributed by atoms with Gasteiger partial charge in [-0.15, -0.1) is 0 Å². The van der Waals surface area contributed by atoms with Crippen molar-refractivity contribution >= 4 is 12.2 Å². The Morgan fingerprint density at radius 3 is 1.46 bits per heavy atom. The molecule has 13 heavy (non-hydrogen) atoms. The van der Waals surface area contributed by atoms with Crippen LogP contribution in [-0.4, -0.2) is 18.2 Å². The summed E-state index contributed by atoms with van der Waals surface area (Å²) in [6.45, 7) is 0. The molecule has 0 aliphatic heterocycles. The SMILES string of the molecule is N=C=O.N=C=O.NC1CCCCC1. The Balaban J connectivity index is 0. The third-order valence-electron chi connectivity index (χ3n) is 1.65. The van der Waals surface area contributed by atoms with Crippen LogP contribution in [0.4, 0.5) is 0 Å². The molecular formula is C8H15N3O2. The molecule has 1 aliphatic carbocycles. The second kappa shape index (κ2) is 13.3. The lowest BCUT2D eigenvalue weighted by molar-refractivity contribution is 0.441. The number of nitrogens with two attached hydrogens (primary N) is 1. The Hall–Kier alpha value is -1.28. The molecule has 0 aromatic carbocycles. The van der Waals surface area contributed by atoms with Gasteiger partial charge in [0.1, 0.15) is 0 Å². The van der Waals surface area contributed by atoms with Crippen molar-refractivity contribution in [3.8, 4) is 0 Å². The van der Waals surface area contributed by atoms with Gasteiger partial charge in [-0.05, 0) is 12.8 Å². The summed E-state index contributed by atoms with van der Waals surface area (Å²) < 4.78 is 0. The molecule has 5 heteroatoms. The van der Waals surface area contributed by atoms with Crippen LogP contribution in [0.15, 0.2) is 0 Å². The molecule has 0 atom stereocenters.